The van der Waals surface area contributed by atoms with E-state index < -0.39 is 10.0 Å². The maximum absolute atomic E-state index is 11.9. The Hall–Kier alpha value is -0.660. The van der Waals surface area contributed by atoms with Gasteiger partial charge in [-0.1, -0.05) is 29.0 Å². The number of benzene rings is 1. The molecule has 0 aromatic heterocycles. The van der Waals surface area contributed by atoms with E-state index in [1.807, 2.05) is 0 Å². The minimum atomic E-state index is -3.66. The molecule has 1 aliphatic heterocycles. The number of hydrogen-bond acceptors (Lipinski definition) is 4. The summed E-state index contributed by atoms with van der Waals surface area (Å²) in [4.78, 5) is 9.58. The van der Waals surface area contributed by atoms with Crippen molar-refractivity contribution >= 4 is 21.6 Å². The molecule has 0 radical (unpaired) electrons. The van der Waals surface area contributed by atoms with Gasteiger partial charge in [0.15, 0.2) is 0 Å². The highest BCUT2D eigenvalue weighted by atomic mass is 35.5. The maximum atomic E-state index is 11.9. The van der Waals surface area contributed by atoms with Crippen molar-refractivity contribution in [1.82, 2.24) is 9.79 Å². The van der Waals surface area contributed by atoms with E-state index >= 15 is 0 Å². The van der Waals surface area contributed by atoms with Crippen LogP contribution in [0.3, 0.4) is 0 Å². The number of hydrogen-bond donors (Lipinski definition) is 1. The molecule has 0 spiro atoms. The van der Waals surface area contributed by atoms with E-state index in [4.69, 9.17) is 16.4 Å². The molecule has 0 saturated carbocycles. The summed E-state index contributed by atoms with van der Waals surface area (Å²) >= 11 is 5.77. The molecule has 1 fully saturated rings. The van der Waals surface area contributed by atoms with Crippen molar-refractivity contribution in [2.45, 2.75) is 24.2 Å². The lowest BCUT2D eigenvalue weighted by Gasteiger charge is -2.25. The molecule has 1 aliphatic rings. The number of nitrogens with zero attached hydrogens (tertiary/aromatic N) is 1. The Morgan fingerprint density at radius 3 is 2.70 bits per heavy atom. The summed E-state index contributed by atoms with van der Waals surface area (Å²) in [5, 5.41) is 0.376. The summed E-state index contributed by atoms with van der Waals surface area (Å²) in [6.45, 7) is 3.19. The highest BCUT2D eigenvalue weighted by Crippen LogP contribution is 2.15. The van der Waals surface area contributed by atoms with Crippen molar-refractivity contribution in [3.05, 3.63) is 29.3 Å². The molecule has 0 atom stereocenters. The van der Waals surface area contributed by atoms with Gasteiger partial charge in [0.1, 0.15) is 0 Å². The molecule has 0 unspecified atom stereocenters. The van der Waals surface area contributed by atoms with E-state index in [1.165, 1.54) is 31.4 Å². The molecule has 1 saturated heterocycles. The summed E-state index contributed by atoms with van der Waals surface area (Å²) in [6.07, 6.45) is 3.68. The molecule has 1 N–H and O–H groups in total. The van der Waals surface area contributed by atoms with Crippen LogP contribution in [0.1, 0.15) is 19.3 Å². The monoisotopic (exact) mass is 318 g/mol. The number of likely N-dealkylation sites (tertiary alicyclic amines) is 1. The standard InChI is InChI=1S/C13H19ClN2O3S/c14-12-5-4-6-13(11-12)20(17,18)15-19-10-9-16-7-2-1-3-8-16/h4-6,11,15H,1-3,7-10H2. The molecular weight excluding hydrogens is 300 g/mol. The van der Waals surface area contributed by atoms with E-state index in [1.54, 1.807) is 12.1 Å². The fraction of sp³-hybridized carbons (Fsp3) is 0.538. The molecular formula is C13H19ClN2O3S. The molecule has 7 heteroatoms. The summed E-state index contributed by atoms with van der Waals surface area (Å²) in [7, 11) is -3.66. The van der Waals surface area contributed by atoms with Gasteiger partial charge in [0.05, 0.1) is 11.5 Å². The fourth-order valence-corrected chi connectivity index (χ4v) is 3.29. The topological polar surface area (TPSA) is 58.6 Å². The SMILES string of the molecule is O=S(=O)(NOCCN1CCCCC1)c1cccc(Cl)c1. The third-order valence-electron chi connectivity index (χ3n) is 3.23. The summed E-state index contributed by atoms with van der Waals surface area (Å²) in [6, 6.07) is 6.07. The largest absolute Gasteiger partial charge is 0.301 e. The molecule has 0 aliphatic carbocycles. The number of piperidine rings is 1. The molecule has 2 rings (SSSR count). The van der Waals surface area contributed by atoms with Crippen molar-refractivity contribution in [3.8, 4) is 0 Å². The molecule has 112 valence electrons. The van der Waals surface area contributed by atoms with Crippen molar-refractivity contribution in [3.63, 3.8) is 0 Å². The van der Waals surface area contributed by atoms with Crippen molar-refractivity contribution < 1.29 is 13.3 Å². The van der Waals surface area contributed by atoms with E-state index in [0.29, 0.717) is 11.6 Å². The van der Waals surface area contributed by atoms with Gasteiger partial charge in [-0.3, -0.25) is 4.84 Å². The van der Waals surface area contributed by atoms with Gasteiger partial charge >= 0.3 is 0 Å². The number of rotatable bonds is 6. The Kier molecular flexibility index (Phi) is 5.80. The summed E-state index contributed by atoms with van der Waals surface area (Å²) < 4.78 is 23.9. The van der Waals surface area contributed by atoms with Gasteiger partial charge in [-0.2, -0.15) is 0 Å². The predicted octanol–water partition coefficient (Wildman–Crippen LogP) is 2.04. The Morgan fingerprint density at radius 2 is 2.00 bits per heavy atom. The van der Waals surface area contributed by atoms with Crippen LogP contribution in [-0.4, -0.2) is 39.6 Å². The number of nitrogens with one attached hydrogen (secondary N) is 1. The van der Waals surface area contributed by atoms with Crippen LogP contribution in [0.15, 0.2) is 29.2 Å². The summed E-state index contributed by atoms with van der Waals surface area (Å²) in [5.41, 5.74) is 0. The highest BCUT2D eigenvalue weighted by Gasteiger charge is 2.15. The lowest BCUT2D eigenvalue weighted by Crippen LogP contribution is -2.35. The average molecular weight is 319 g/mol. The third-order valence-corrected chi connectivity index (χ3v) is 4.68. The van der Waals surface area contributed by atoms with Gasteiger partial charge in [-0.05, 0) is 44.1 Å². The molecule has 20 heavy (non-hydrogen) atoms. The Balaban J connectivity index is 1.78. The normalized spacial score (nSPS) is 17.2. The Morgan fingerprint density at radius 1 is 1.25 bits per heavy atom. The van der Waals surface area contributed by atoms with Gasteiger partial charge in [-0.25, -0.2) is 8.42 Å². The molecule has 1 heterocycles. The molecule has 5 nitrogen and oxygen atoms in total. The minimum Gasteiger partial charge on any atom is -0.301 e. The smallest absolute Gasteiger partial charge is 0.262 e. The second-order valence-electron chi connectivity index (χ2n) is 4.79. The second-order valence-corrected chi connectivity index (χ2v) is 6.88. The van der Waals surface area contributed by atoms with E-state index in [0.717, 1.165) is 19.6 Å². The van der Waals surface area contributed by atoms with Crippen LogP contribution in [0.4, 0.5) is 0 Å². The lowest BCUT2D eigenvalue weighted by molar-refractivity contribution is 0.0656. The first-order valence-corrected chi connectivity index (χ1v) is 8.55. The van der Waals surface area contributed by atoms with E-state index in [9.17, 15) is 8.42 Å². The first kappa shape index (κ1) is 15.7. The van der Waals surface area contributed by atoms with Gasteiger partial charge < -0.3 is 4.90 Å². The summed E-state index contributed by atoms with van der Waals surface area (Å²) in [5.74, 6) is 0. The van der Waals surface area contributed by atoms with Crippen LogP contribution in [0.5, 0.6) is 0 Å². The van der Waals surface area contributed by atoms with Crippen molar-refractivity contribution in [2.24, 2.45) is 0 Å². The third kappa shape index (κ3) is 4.71. The van der Waals surface area contributed by atoms with Crippen LogP contribution < -0.4 is 4.89 Å². The Bertz CT molecular complexity index is 530. The quantitative estimate of drug-likeness (QED) is 0.644. The first-order valence-electron chi connectivity index (χ1n) is 6.69. The number of sulfonamides is 1. The van der Waals surface area contributed by atoms with Gasteiger partial charge in [0.25, 0.3) is 10.0 Å². The molecule has 1 aromatic carbocycles. The van der Waals surface area contributed by atoms with Crippen LogP contribution in [0, 0.1) is 0 Å². The first-order chi connectivity index (χ1) is 9.58. The van der Waals surface area contributed by atoms with Crippen LogP contribution in [0.2, 0.25) is 5.02 Å². The maximum Gasteiger partial charge on any atom is 0.262 e. The lowest BCUT2D eigenvalue weighted by atomic mass is 10.1. The second kappa shape index (κ2) is 7.38. The zero-order chi connectivity index (χ0) is 14.4. The van der Waals surface area contributed by atoms with Crippen LogP contribution in [0.25, 0.3) is 0 Å². The zero-order valence-corrected chi connectivity index (χ0v) is 12.8. The minimum absolute atomic E-state index is 0.1000. The number of halogens is 1. The predicted molar refractivity (Wildman–Crippen MR) is 78.0 cm³/mol. The average Bonchev–Trinajstić information content (AvgIpc) is 2.45. The molecule has 1 aromatic rings. The van der Waals surface area contributed by atoms with Gasteiger partial charge in [0.2, 0.25) is 0 Å². The van der Waals surface area contributed by atoms with Crippen molar-refractivity contribution in [2.75, 3.05) is 26.2 Å². The zero-order valence-electron chi connectivity index (χ0n) is 11.2. The van der Waals surface area contributed by atoms with Crippen LogP contribution >= 0.6 is 11.6 Å². The fourth-order valence-electron chi connectivity index (χ4n) is 2.16. The van der Waals surface area contributed by atoms with E-state index in [-0.39, 0.29) is 4.90 Å². The van der Waals surface area contributed by atoms with E-state index in [2.05, 4.69) is 9.79 Å². The van der Waals surface area contributed by atoms with Gasteiger partial charge in [-0.15, -0.1) is 0 Å². The Labute approximate surface area is 124 Å². The van der Waals surface area contributed by atoms with Crippen LogP contribution in [-0.2, 0) is 14.9 Å². The molecule has 0 amide bonds. The van der Waals surface area contributed by atoms with Gasteiger partial charge in [0, 0.05) is 11.6 Å². The molecule has 0 bridgehead atoms. The highest BCUT2D eigenvalue weighted by molar-refractivity contribution is 7.89. The van der Waals surface area contributed by atoms with Crippen molar-refractivity contribution in [1.29, 1.82) is 0 Å².